The molecule has 0 bridgehead atoms. The second-order valence-corrected chi connectivity index (χ2v) is 10.0. The highest BCUT2D eigenvalue weighted by molar-refractivity contribution is 9.10. The van der Waals surface area contributed by atoms with Crippen LogP contribution in [0.2, 0.25) is 0 Å². The minimum absolute atomic E-state index is 0.0799. The van der Waals surface area contributed by atoms with Gasteiger partial charge in [-0.25, -0.2) is 0 Å². The summed E-state index contributed by atoms with van der Waals surface area (Å²) < 4.78 is 8.39. The quantitative estimate of drug-likeness (QED) is 0.359. The van der Waals surface area contributed by atoms with Crippen LogP contribution < -0.4 is 9.64 Å². The summed E-state index contributed by atoms with van der Waals surface area (Å²) in [4.78, 5) is 2.28. The average molecular weight is 501 g/mol. The summed E-state index contributed by atoms with van der Waals surface area (Å²) in [6.45, 7) is 8.83. The van der Waals surface area contributed by atoms with Crippen molar-refractivity contribution >= 4 is 48.9 Å². The van der Waals surface area contributed by atoms with Crippen LogP contribution in [-0.4, -0.2) is 5.60 Å². The second kappa shape index (κ2) is 6.93. The summed E-state index contributed by atoms with van der Waals surface area (Å²) in [6, 6.07) is 23.3. The van der Waals surface area contributed by atoms with Gasteiger partial charge in [0.05, 0.1) is 0 Å². The van der Waals surface area contributed by atoms with Crippen LogP contribution in [0.4, 0.5) is 17.1 Å². The molecule has 28 heavy (non-hydrogen) atoms. The van der Waals surface area contributed by atoms with Gasteiger partial charge in [-0.2, -0.15) is 0 Å². The van der Waals surface area contributed by atoms with Crippen LogP contribution in [0.1, 0.15) is 33.3 Å². The van der Waals surface area contributed by atoms with E-state index in [1.807, 2.05) is 0 Å². The molecule has 0 saturated heterocycles. The van der Waals surface area contributed by atoms with Gasteiger partial charge in [0, 0.05) is 37.0 Å². The van der Waals surface area contributed by atoms with Gasteiger partial charge in [0.2, 0.25) is 0 Å². The molecule has 144 valence electrons. The first-order valence-corrected chi connectivity index (χ1v) is 10.9. The molecular formula is C24H23Br2NO. The number of fused-ring (bicyclic) bond motifs is 1. The van der Waals surface area contributed by atoms with E-state index in [9.17, 15) is 0 Å². The monoisotopic (exact) mass is 499 g/mol. The molecule has 0 unspecified atom stereocenters. The minimum Gasteiger partial charge on any atom is -0.487 e. The second-order valence-electron chi connectivity index (χ2n) is 8.21. The van der Waals surface area contributed by atoms with E-state index in [1.54, 1.807) is 0 Å². The smallest absolute Gasteiger partial charge is 0.124 e. The van der Waals surface area contributed by atoms with Crippen molar-refractivity contribution in [2.24, 2.45) is 0 Å². The molecule has 3 aromatic rings. The van der Waals surface area contributed by atoms with Crippen LogP contribution in [0.25, 0.3) is 0 Å². The zero-order valence-electron chi connectivity index (χ0n) is 16.5. The minimum atomic E-state index is -0.242. The summed E-state index contributed by atoms with van der Waals surface area (Å²) in [7, 11) is 0. The van der Waals surface area contributed by atoms with Crippen LogP contribution in [0, 0.1) is 0 Å². The maximum atomic E-state index is 6.26. The third-order valence-electron chi connectivity index (χ3n) is 5.93. The van der Waals surface area contributed by atoms with E-state index in [2.05, 4.69) is 131 Å². The van der Waals surface area contributed by atoms with Crippen molar-refractivity contribution in [2.75, 3.05) is 4.90 Å². The number of nitrogens with zero attached hydrogens (tertiary/aromatic N) is 1. The lowest BCUT2D eigenvalue weighted by Gasteiger charge is -2.33. The van der Waals surface area contributed by atoms with Crippen molar-refractivity contribution in [3.05, 3.63) is 81.2 Å². The Balaban J connectivity index is 1.87. The molecule has 1 heterocycles. The molecule has 1 aliphatic rings. The molecule has 0 spiro atoms. The molecule has 0 atom stereocenters. The van der Waals surface area contributed by atoms with E-state index < -0.39 is 0 Å². The third kappa shape index (κ3) is 3.27. The topological polar surface area (TPSA) is 12.5 Å². The molecule has 0 saturated carbocycles. The molecule has 4 rings (SSSR count). The van der Waals surface area contributed by atoms with Gasteiger partial charge in [0.25, 0.3) is 0 Å². The Morgan fingerprint density at radius 2 is 1.14 bits per heavy atom. The normalized spacial score (nSPS) is 16.4. The fourth-order valence-electron chi connectivity index (χ4n) is 3.59. The number of ether oxygens (including phenoxy) is 1. The van der Waals surface area contributed by atoms with Gasteiger partial charge < -0.3 is 9.64 Å². The molecule has 0 aliphatic carbocycles. The maximum Gasteiger partial charge on any atom is 0.124 e. The van der Waals surface area contributed by atoms with E-state index in [-0.39, 0.29) is 11.0 Å². The first-order valence-electron chi connectivity index (χ1n) is 9.34. The van der Waals surface area contributed by atoms with E-state index in [0.29, 0.717) is 0 Å². The molecule has 0 fully saturated rings. The standard InChI is InChI=1S/C24H23Br2NO/c1-23(2)21-15-20(13-14-22(21)28-24(23,3)4)27(18-9-5-16(25)6-10-18)19-11-7-17(26)8-12-19/h5-15H,1-4H3. The largest absolute Gasteiger partial charge is 0.487 e. The summed E-state index contributed by atoms with van der Waals surface area (Å²) in [5.41, 5.74) is 4.27. The lowest BCUT2D eigenvalue weighted by molar-refractivity contribution is 0.0712. The van der Waals surface area contributed by atoms with Crippen molar-refractivity contribution in [1.29, 1.82) is 0 Å². The predicted octanol–water partition coefficient (Wildman–Crippen LogP) is 8.13. The number of hydrogen-bond acceptors (Lipinski definition) is 2. The number of halogens is 2. The van der Waals surface area contributed by atoms with Crippen LogP contribution in [0.15, 0.2) is 75.7 Å². The lowest BCUT2D eigenvalue weighted by Crippen LogP contribution is -2.42. The molecule has 0 N–H and O–H groups in total. The maximum absolute atomic E-state index is 6.26. The highest BCUT2D eigenvalue weighted by Gasteiger charge is 2.48. The third-order valence-corrected chi connectivity index (χ3v) is 6.99. The van der Waals surface area contributed by atoms with Crippen molar-refractivity contribution < 1.29 is 4.74 Å². The molecule has 0 amide bonds. The van der Waals surface area contributed by atoms with Crippen molar-refractivity contribution in [3.8, 4) is 5.75 Å². The molecule has 0 radical (unpaired) electrons. The van der Waals surface area contributed by atoms with E-state index in [0.717, 1.165) is 31.8 Å². The van der Waals surface area contributed by atoms with Gasteiger partial charge in [-0.15, -0.1) is 0 Å². The Morgan fingerprint density at radius 1 is 0.679 bits per heavy atom. The van der Waals surface area contributed by atoms with Gasteiger partial charge in [-0.3, -0.25) is 0 Å². The molecule has 0 aromatic heterocycles. The SMILES string of the molecule is CC1(C)Oc2ccc(N(c3ccc(Br)cc3)c3ccc(Br)cc3)cc2C1(C)C. The van der Waals surface area contributed by atoms with Crippen LogP contribution in [-0.2, 0) is 5.41 Å². The number of benzene rings is 3. The van der Waals surface area contributed by atoms with Gasteiger partial charge in [-0.05, 0) is 80.6 Å². The summed E-state index contributed by atoms with van der Waals surface area (Å²) in [5, 5.41) is 0. The fraction of sp³-hybridized carbons (Fsp3) is 0.250. The Labute approximate surface area is 183 Å². The Hall–Kier alpha value is -1.78. The highest BCUT2D eigenvalue weighted by Crippen LogP contribution is 2.50. The van der Waals surface area contributed by atoms with Crippen molar-refractivity contribution in [1.82, 2.24) is 0 Å². The summed E-state index contributed by atoms with van der Waals surface area (Å²) >= 11 is 7.09. The number of anilines is 3. The number of rotatable bonds is 3. The summed E-state index contributed by atoms with van der Waals surface area (Å²) in [5.74, 6) is 0.977. The van der Waals surface area contributed by atoms with Gasteiger partial charge in [0.1, 0.15) is 11.4 Å². The average Bonchev–Trinajstić information content (AvgIpc) is 2.83. The Bertz CT molecular complexity index is 962. The molecular weight excluding hydrogens is 478 g/mol. The van der Waals surface area contributed by atoms with E-state index in [4.69, 9.17) is 4.74 Å². The first kappa shape index (κ1) is 19.5. The van der Waals surface area contributed by atoms with Crippen LogP contribution in [0.3, 0.4) is 0 Å². The van der Waals surface area contributed by atoms with Crippen LogP contribution >= 0.6 is 31.9 Å². The highest BCUT2D eigenvalue weighted by atomic mass is 79.9. The molecule has 1 aliphatic heterocycles. The Morgan fingerprint density at radius 3 is 1.64 bits per heavy atom. The molecule has 2 nitrogen and oxygen atoms in total. The fourth-order valence-corrected chi connectivity index (χ4v) is 4.12. The van der Waals surface area contributed by atoms with E-state index in [1.165, 1.54) is 5.56 Å². The van der Waals surface area contributed by atoms with Crippen LogP contribution in [0.5, 0.6) is 5.75 Å². The van der Waals surface area contributed by atoms with Gasteiger partial charge in [0.15, 0.2) is 0 Å². The lowest BCUT2D eigenvalue weighted by atomic mass is 9.74. The first-order chi connectivity index (χ1) is 13.2. The molecule has 3 aromatic carbocycles. The zero-order valence-corrected chi connectivity index (χ0v) is 19.6. The van der Waals surface area contributed by atoms with Crippen molar-refractivity contribution in [3.63, 3.8) is 0 Å². The predicted molar refractivity (Wildman–Crippen MR) is 124 cm³/mol. The Kier molecular flexibility index (Phi) is 4.83. The summed E-state index contributed by atoms with van der Waals surface area (Å²) in [6.07, 6.45) is 0. The van der Waals surface area contributed by atoms with Gasteiger partial charge in [-0.1, -0.05) is 45.7 Å². The zero-order chi connectivity index (χ0) is 20.1. The molecule has 4 heteroatoms. The van der Waals surface area contributed by atoms with Gasteiger partial charge >= 0.3 is 0 Å². The van der Waals surface area contributed by atoms with Crippen molar-refractivity contribution in [2.45, 2.75) is 38.7 Å². The number of hydrogen-bond donors (Lipinski definition) is 0. The van der Waals surface area contributed by atoms with E-state index >= 15 is 0 Å².